The van der Waals surface area contributed by atoms with Crippen molar-refractivity contribution in [3.63, 3.8) is 0 Å². The second-order valence-electron chi connectivity index (χ2n) is 5.72. The van der Waals surface area contributed by atoms with Crippen molar-refractivity contribution < 1.29 is 9.53 Å². The van der Waals surface area contributed by atoms with Gasteiger partial charge in [0.05, 0.1) is 6.61 Å². The number of primary amides is 1. The summed E-state index contributed by atoms with van der Waals surface area (Å²) in [6.45, 7) is 0.574. The molecule has 0 unspecified atom stereocenters. The molecule has 0 aromatic heterocycles. The van der Waals surface area contributed by atoms with Gasteiger partial charge in [0.1, 0.15) is 0 Å². The molecule has 0 heterocycles. The summed E-state index contributed by atoms with van der Waals surface area (Å²) in [6, 6.07) is 0. The average molecular weight is 209 g/mol. The second kappa shape index (κ2) is 3.39. The summed E-state index contributed by atoms with van der Waals surface area (Å²) in [4.78, 5) is 10.6. The fraction of sp³-hybridized carbons (Fsp3) is 0.917. The third-order valence-electron chi connectivity index (χ3n) is 4.84. The van der Waals surface area contributed by atoms with Crippen LogP contribution < -0.4 is 5.73 Å². The van der Waals surface area contributed by atoms with Gasteiger partial charge in [-0.25, -0.2) is 4.79 Å². The molecule has 0 aromatic rings. The van der Waals surface area contributed by atoms with E-state index in [-0.39, 0.29) is 0 Å². The summed E-state index contributed by atoms with van der Waals surface area (Å²) in [5, 5.41) is 0. The van der Waals surface area contributed by atoms with Crippen LogP contribution in [0.25, 0.3) is 0 Å². The zero-order valence-electron chi connectivity index (χ0n) is 9.02. The molecule has 4 rings (SSSR count). The Hall–Kier alpha value is -0.730. The van der Waals surface area contributed by atoms with Crippen LogP contribution in [0.3, 0.4) is 0 Å². The van der Waals surface area contributed by atoms with Crippen LogP contribution in [0.4, 0.5) is 4.79 Å². The van der Waals surface area contributed by atoms with Crippen molar-refractivity contribution in [3.8, 4) is 0 Å². The van der Waals surface area contributed by atoms with Crippen LogP contribution in [-0.2, 0) is 4.74 Å². The topological polar surface area (TPSA) is 52.3 Å². The van der Waals surface area contributed by atoms with E-state index in [1.165, 1.54) is 32.1 Å². The van der Waals surface area contributed by atoms with E-state index in [1.807, 2.05) is 0 Å². The Morgan fingerprint density at radius 2 is 1.60 bits per heavy atom. The van der Waals surface area contributed by atoms with E-state index >= 15 is 0 Å². The minimum absolute atomic E-state index is 0.574. The van der Waals surface area contributed by atoms with E-state index in [0.717, 1.165) is 23.7 Å². The Morgan fingerprint density at radius 1 is 1.07 bits per heavy atom. The maximum atomic E-state index is 10.6. The lowest BCUT2D eigenvalue weighted by atomic mass is 9.52. The van der Waals surface area contributed by atoms with E-state index in [0.29, 0.717) is 12.5 Å². The van der Waals surface area contributed by atoms with Crippen molar-refractivity contribution in [1.82, 2.24) is 0 Å². The Balaban J connectivity index is 1.67. The lowest BCUT2D eigenvalue weighted by Gasteiger charge is -2.54. The summed E-state index contributed by atoms with van der Waals surface area (Å²) >= 11 is 0. The van der Waals surface area contributed by atoms with Gasteiger partial charge in [0.2, 0.25) is 0 Å². The fourth-order valence-corrected chi connectivity index (χ4v) is 4.49. The molecule has 2 N–H and O–H groups in total. The summed E-state index contributed by atoms with van der Waals surface area (Å²) in [6.07, 6.45) is 6.36. The highest BCUT2D eigenvalue weighted by Gasteiger charge is 2.48. The number of ether oxygens (including phenoxy) is 1. The average Bonchev–Trinajstić information content (AvgIpc) is 2.14. The van der Waals surface area contributed by atoms with Gasteiger partial charge in [-0.3, -0.25) is 0 Å². The fourth-order valence-electron chi connectivity index (χ4n) is 4.49. The van der Waals surface area contributed by atoms with Crippen LogP contribution in [-0.4, -0.2) is 12.7 Å². The normalized spacial score (nSPS) is 46.8. The van der Waals surface area contributed by atoms with Crippen molar-refractivity contribution in [3.05, 3.63) is 0 Å². The quantitative estimate of drug-likeness (QED) is 0.757. The van der Waals surface area contributed by atoms with Gasteiger partial charge in [-0.05, 0) is 61.7 Å². The van der Waals surface area contributed by atoms with Gasteiger partial charge in [0.25, 0.3) is 0 Å². The highest BCUT2D eigenvalue weighted by Crippen LogP contribution is 2.56. The Bertz CT molecular complexity index is 249. The summed E-state index contributed by atoms with van der Waals surface area (Å²) in [5.74, 6) is 4.22. The molecule has 0 aliphatic heterocycles. The first-order valence-corrected chi connectivity index (χ1v) is 6.14. The van der Waals surface area contributed by atoms with Crippen molar-refractivity contribution in [1.29, 1.82) is 0 Å². The van der Waals surface area contributed by atoms with Crippen molar-refractivity contribution in [2.24, 2.45) is 35.3 Å². The zero-order valence-corrected chi connectivity index (χ0v) is 9.02. The molecule has 4 aliphatic carbocycles. The Morgan fingerprint density at radius 3 is 2.07 bits per heavy atom. The third kappa shape index (κ3) is 1.62. The Kier molecular flexibility index (Phi) is 2.15. The number of rotatable bonds is 2. The molecule has 0 aromatic carbocycles. The largest absolute Gasteiger partial charge is 0.449 e. The minimum atomic E-state index is -0.608. The molecule has 84 valence electrons. The van der Waals surface area contributed by atoms with Crippen LogP contribution in [0.1, 0.15) is 32.1 Å². The van der Waals surface area contributed by atoms with Crippen molar-refractivity contribution in [2.45, 2.75) is 32.1 Å². The number of nitrogens with two attached hydrogens (primary N) is 1. The van der Waals surface area contributed by atoms with E-state index in [4.69, 9.17) is 10.5 Å². The predicted molar refractivity (Wildman–Crippen MR) is 56.1 cm³/mol. The predicted octanol–water partition coefficient (Wildman–Crippen LogP) is 2.15. The van der Waals surface area contributed by atoms with E-state index in [2.05, 4.69) is 0 Å². The highest BCUT2D eigenvalue weighted by atomic mass is 16.5. The van der Waals surface area contributed by atoms with Gasteiger partial charge in [0, 0.05) is 0 Å². The first-order valence-electron chi connectivity index (χ1n) is 6.14. The summed E-state index contributed by atoms with van der Waals surface area (Å²) in [5.41, 5.74) is 5.03. The van der Waals surface area contributed by atoms with Crippen LogP contribution in [0.2, 0.25) is 0 Å². The highest BCUT2D eigenvalue weighted by molar-refractivity contribution is 5.64. The van der Waals surface area contributed by atoms with E-state index in [1.54, 1.807) is 0 Å². The standard InChI is InChI=1S/C12H19NO2/c13-12(14)15-6-11-9-2-7-1-8(4-9)5-10(11)3-7/h7-11H,1-6H2,(H2,13,14). The molecule has 0 spiro atoms. The van der Waals surface area contributed by atoms with Gasteiger partial charge < -0.3 is 10.5 Å². The van der Waals surface area contributed by atoms with Crippen molar-refractivity contribution in [2.75, 3.05) is 6.61 Å². The Labute approximate surface area is 90.4 Å². The molecule has 0 saturated heterocycles. The molecule has 15 heavy (non-hydrogen) atoms. The zero-order chi connectivity index (χ0) is 10.4. The number of hydrogen-bond donors (Lipinski definition) is 1. The molecule has 3 heteroatoms. The number of carbonyl (C=O) groups is 1. The molecule has 0 atom stereocenters. The molecular formula is C12H19NO2. The first-order chi connectivity index (χ1) is 7.22. The minimum Gasteiger partial charge on any atom is -0.449 e. The van der Waals surface area contributed by atoms with Crippen LogP contribution >= 0.6 is 0 Å². The number of hydrogen-bond acceptors (Lipinski definition) is 2. The number of amides is 1. The van der Waals surface area contributed by atoms with Crippen LogP contribution in [0.15, 0.2) is 0 Å². The monoisotopic (exact) mass is 209 g/mol. The molecule has 4 fully saturated rings. The van der Waals surface area contributed by atoms with Gasteiger partial charge in [-0.1, -0.05) is 0 Å². The summed E-state index contributed by atoms with van der Waals surface area (Å²) in [7, 11) is 0. The number of carbonyl (C=O) groups excluding carboxylic acids is 1. The second-order valence-corrected chi connectivity index (χ2v) is 5.72. The van der Waals surface area contributed by atoms with Crippen LogP contribution in [0, 0.1) is 29.6 Å². The van der Waals surface area contributed by atoms with Gasteiger partial charge in [0.15, 0.2) is 0 Å². The molecule has 4 aliphatic rings. The lowest BCUT2D eigenvalue weighted by molar-refractivity contribution is -0.0584. The summed E-state index contributed by atoms with van der Waals surface area (Å²) < 4.78 is 5.01. The molecular weight excluding hydrogens is 190 g/mol. The van der Waals surface area contributed by atoms with E-state index < -0.39 is 6.09 Å². The maximum absolute atomic E-state index is 10.6. The lowest BCUT2D eigenvalue weighted by Crippen LogP contribution is -2.47. The smallest absolute Gasteiger partial charge is 0.404 e. The van der Waals surface area contributed by atoms with Gasteiger partial charge in [-0.15, -0.1) is 0 Å². The maximum Gasteiger partial charge on any atom is 0.404 e. The molecule has 4 bridgehead atoms. The molecule has 1 amide bonds. The molecule has 3 nitrogen and oxygen atoms in total. The van der Waals surface area contributed by atoms with Gasteiger partial charge in [-0.2, -0.15) is 0 Å². The first kappa shape index (κ1) is 9.49. The van der Waals surface area contributed by atoms with Crippen LogP contribution in [0.5, 0.6) is 0 Å². The molecule has 4 saturated carbocycles. The molecule has 0 radical (unpaired) electrons. The van der Waals surface area contributed by atoms with Crippen molar-refractivity contribution >= 4 is 6.09 Å². The SMILES string of the molecule is NC(=O)OCC1C2CC3CC(C2)CC1C3. The van der Waals surface area contributed by atoms with Gasteiger partial charge >= 0.3 is 6.09 Å². The third-order valence-corrected chi connectivity index (χ3v) is 4.84. The van der Waals surface area contributed by atoms with E-state index in [9.17, 15) is 4.79 Å².